The van der Waals surface area contributed by atoms with Crippen LogP contribution in [-0.2, 0) is 9.59 Å². The molecule has 1 aliphatic heterocycles. The van der Waals surface area contributed by atoms with Gasteiger partial charge in [0.1, 0.15) is 6.04 Å². The summed E-state index contributed by atoms with van der Waals surface area (Å²) < 4.78 is 0. The van der Waals surface area contributed by atoms with E-state index in [1.54, 1.807) is 17.0 Å². The zero-order chi connectivity index (χ0) is 13.0. The summed E-state index contributed by atoms with van der Waals surface area (Å²) >= 11 is 0. The molecule has 1 fully saturated rings. The number of rotatable bonds is 4. The molecule has 2 N–H and O–H groups in total. The van der Waals surface area contributed by atoms with Crippen molar-refractivity contribution in [3.8, 4) is 0 Å². The van der Waals surface area contributed by atoms with Gasteiger partial charge in [0.25, 0.3) is 0 Å². The van der Waals surface area contributed by atoms with Crippen molar-refractivity contribution in [2.75, 3.05) is 13.1 Å². The molecule has 2 amide bonds. The van der Waals surface area contributed by atoms with Gasteiger partial charge in [-0.15, -0.1) is 0 Å². The van der Waals surface area contributed by atoms with Crippen LogP contribution in [0.4, 0.5) is 0 Å². The van der Waals surface area contributed by atoms with E-state index in [1.807, 2.05) is 18.2 Å². The molecule has 1 saturated heterocycles. The molecule has 0 spiro atoms. The van der Waals surface area contributed by atoms with Crippen molar-refractivity contribution >= 4 is 12.3 Å². The maximum absolute atomic E-state index is 12.3. The van der Waals surface area contributed by atoms with Gasteiger partial charge in [-0.2, -0.15) is 0 Å². The van der Waals surface area contributed by atoms with Gasteiger partial charge in [-0.3, -0.25) is 9.59 Å². The standard InChI is InChI=1S/C13H16N2O3/c16-9-14-12(10-4-2-1-3-5-10)13(18)15-7-6-11(17)8-15/h1-5,9,11-12,17H,6-8H2,(H,14,16)/t11?,12-/m0/s1. The minimum Gasteiger partial charge on any atom is -0.391 e. The Morgan fingerprint density at radius 1 is 1.44 bits per heavy atom. The molecular weight excluding hydrogens is 232 g/mol. The van der Waals surface area contributed by atoms with Gasteiger partial charge < -0.3 is 15.3 Å². The normalized spacial score (nSPS) is 20.5. The van der Waals surface area contributed by atoms with Crippen molar-refractivity contribution < 1.29 is 14.7 Å². The van der Waals surface area contributed by atoms with E-state index in [9.17, 15) is 14.7 Å². The molecule has 0 saturated carbocycles. The van der Waals surface area contributed by atoms with Crippen LogP contribution in [0.25, 0.3) is 0 Å². The smallest absolute Gasteiger partial charge is 0.249 e. The highest BCUT2D eigenvalue weighted by atomic mass is 16.3. The highest BCUT2D eigenvalue weighted by molar-refractivity contribution is 5.85. The summed E-state index contributed by atoms with van der Waals surface area (Å²) in [5.74, 6) is -0.176. The Kier molecular flexibility index (Phi) is 3.94. The molecule has 96 valence electrons. The molecule has 1 aliphatic rings. The summed E-state index contributed by atoms with van der Waals surface area (Å²) in [5, 5.41) is 12.0. The fourth-order valence-corrected chi connectivity index (χ4v) is 2.15. The number of nitrogens with zero attached hydrogens (tertiary/aromatic N) is 1. The van der Waals surface area contributed by atoms with Crippen LogP contribution < -0.4 is 5.32 Å². The molecule has 1 unspecified atom stereocenters. The van der Waals surface area contributed by atoms with Gasteiger partial charge in [-0.05, 0) is 12.0 Å². The van der Waals surface area contributed by atoms with Crippen LogP contribution in [0, 0.1) is 0 Å². The third kappa shape index (κ3) is 2.68. The zero-order valence-corrected chi connectivity index (χ0v) is 9.95. The molecule has 5 nitrogen and oxygen atoms in total. The van der Waals surface area contributed by atoms with Crippen molar-refractivity contribution in [2.45, 2.75) is 18.6 Å². The van der Waals surface area contributed by atoms with Gasteiger partial charge in [0, 0.05) is 13.1 Å². The number of β-amino-alcohol motifs (C(OH)–C–C–N with tert-alkyl or cyclic N) is 1. The monoisotopic (exact) mass is 248 g/mol. The third-order valence-electron chi connectivity index (χ3n) is 3.09. The van der Waals surface area contributed by atoms with E-state index in [4.69, 9.17) is 0 Å². The predicted molar refractivity (Wildman–Crippen MR) is 65.6 cm³/mol. The fraction of sp³-hybridized carbons (Fsp3) is 0.385. The number of benzene rings is 1. The van der Waals surface area contributed by atoms with Gasteiger partial charge in [0.2, 0.25) is 12.3 Å². The van der Waals surface area contributed by atoms with Crippen molar-refractivity contribution in [2.24, 2.45) is 0 Å². The SMILES string of the molecule is O=CN[C@H](C(=O)N1CCC(O)C1)c1ccccc1. The van der Waals surface area contributed by atoms with E-state index in [0.717, 1.165) is 5.56 Å². The Labute approximate surface area is 105 Å². The Morgan fingerprint density at radius 3 is 2.72 bits per heavy atom. The van der Waals surface area contributed by atoms with Crippen LogP contribution in [0.1, 0.15) is 18.0 Å². The number of hydrogen-bond donors (Lipinski definition) is 2. The lowest BCUT2D eigenvalue weighted by atomic mass is 10.1. The first-order valence-electron chi connectivity index (χ1n) is 5.94. The van der Waals surface area contributed by atoms with E-state index >= 15 is 0 Å². The Balaban J connectivity index is 2.15. The molecule has 0 radical (unpaired) electrons. The lowest BCUT2D eigenvalue weighted by Crippen LogP contribution is -2.39. The molecule has 18 heavy (non-hydrogen) atoms. The van der Waals surface area contributed by atoms with Crippen LogP contribution >= 0.6 is 0 Å². The molecular formula is C13H16N2O3. The van der Waals surface area contributed by atoms with Gasteiger partial charge in [0.05, 0.1) is 6.10 Å². The molecule has 2 atom stereocenters. The van der Waals surface area contributed by atoms with Gasteiger partial charge >= 0.3 is 0 Å². The number of likely N-dealkylation sites (tertiary alicyclic amines) is 1. The van der Waals surface area contributed by atoms with E-state index in [2.05, 4.69) is 5.32 Å². The Morgan fingerprint density at radius 2 is 2.17 bits per heavy atom. The van der Waals surface area contributed by atoms with E-state index in [0.29, 0.717) is 25.9 Å². The minimum atomic E-state index is -0.672. The average molecular weight is 248 g/mol. The van der Waals surface area contributed by atoms with Crippen molar-refractivity contribution in [3.63, 3.8) is 0 Å². The zero-order valence-electron chi connectivity index (χ0n) is 9.95. The number of amides is 2. The molecule has 0 aliphatic carbocycles. The number of aliphatic hydroxyl groups excluding tert-OH is 1. The molecule has 1 aromatic rings. The summed E-state index contributed by atoms with van der Waals surface area (Å²) in [5.41, 5.74) is 0.746. The number of nitrogens with one attached hydrogen (secondary N) is 1. The second kappa shape index (κ2) is 5.64. The summed E-state index contributed by atoms with van der Waals surface area (Å²) in [6.07, 6.45) is 0.665. The lowest BCUT2D eigenvalue weighted by Gasteiger charge is -2.23. The lowest BCUT2D eigenvalue weighted by molar-refractivity contribution is -0.134. The number of carbonyl (C=O) groups is 2. The predicted octanol–water partition coefficient (Wildman–Crippen LogP) is 0.0669. The molecule has 1 aromatic carbocycles. The second-order valence-electron chi connectivity index (χ2n) is 4.35. The Bertz CT molecular complexity index is 422. The van der Waals surface area contributed by atoms with E-state index < -0.39 is 12.1 Å². The molecule has 1 heterocycles. The minimum absolute atomic E-state index is 0.176. The van der Waals surface area contributed by atoms with Crippen LogP contribution in [0.3, 0.4) is 0 Å². The van der Waals surface area contributed by atoms with Crippen LogP contribution in [-0.4, -0.2) is 41.5 Å². The first-order chi connectivity index (χ1) is 8.72. The average Bonchev–Trinajstić information content (AvgIpc) is 2.83. The molecule has 5 heteroatoms. The summed E-state index contributed by atoms with van der Waals surface area (Å²) in [7, 11) is 0. The molecule has 0 bridgehead atoms. The highest BCUT2D eigenvalue weighted by Crippen LogP contribution is 2.18. The summed E-state index contributed by atoms with van der Waals surface area (Å²) in [6.45, 7) is 0.868. The number of carbonyl (C=O) groups excluding carboxylic acids is 2. The van der Waals surface area contributed by atoms with Gasteiger partial charge in [-0.1, -0.05) is 30.3 Å². The Hall–Kier alpha value is -1.88. The van der Waals surface area contributed by atoms with Crippen molar-refractivity contribution in [1.82, 2.24) is 10.2 Å². The van der Waals surface area contributed by atoms with Crippen molar-refractivity contribution in [1.29, 1.82) is 0 Å². The molecule has 2 rings (SSSR count). The highest BCUT2D eigenvalue weighted by Gasteiger charge is 2.30. The molecule has 0 aromatic heterocycles. The second-order valence-corrected chi connectivity index (χ2v) is 4.35. The van der Waals surface area contributed by atoms with Crippen LogP contribution in [0.15, 0.2) is 30.3 Å². The third-order valence-corrected chi connectivity index (χ3v) is 3.09. The van der Waals surface area contributed by atoms with Gasteiger partial charge in [-0.25, -0.2) is 0 Å². The van der Waals surface area contributed by atoms with Crippen molar-refractivity contribution in [3.05, 3.63) is 35.9 Å². The fourth-order valence-electron chi connectivity index (χ4n) is 2.15. The van der Waals surface area contributed by atoms with Crippen LogP contribution in [0.2, 0.25) is 0 Å². The first-order valence-corrected chi connectivity index (χ1v) is 5.94. The number of aliphatic hydroxyl groups is 1. The van der Waals surface area contributed by atoms with Gasteiger partial charge in [0.15, 0.2) is 0 Å². The van der Waals surface area contributed by atoms with Crippen LogP contribution in [0.5, 0.6) is 0 Å². The van der Waals surface area contributed by atoms with E-state index in [1.165, 1.54) is 0 Å². The quantitative estimate of drug-likeness (QED) is 0.741. The summed E-state index contributed by atoms with van der Waals surface area (Å²) in [4.78, 5) is 24.5. The largest absolute Gasteiger partial charge is 0.391 e. The van der Waals surface area contributed by atoms with E-state index in [-0.39, 0.29) is 5.91 Å². The topological polar surface area (TPSA) is 69.6 Å². The number of hydrogen-bond acceptors (Lipinski definition) is 3. The summed E-state index contributed by atoms with van der Waals surface area (Å²) in [6, 6.07) is 8.42. The maximum atomic E-state index is 12.3. The maximum Gasteiger partial charge on any atom is 0.249 e. The first kappa shape index (κ1) is 12.6.